The van der Waals surface area contributed by atoms with Gasteiger partial charge in [0, 0.05) is 38.8 Å². The lowest BCUT2D eigenvalue weighted by Crippen LogP contribution is -2.13. The van der Waals surface area contributed by atoms with Crippen LogP contribution in [0.3, 0.4) is 0 Å². The van der Waals surface area contributed by atoms with Crippen LogP contribution < -0.4 is 0 Å². The summed E-state index contributed by atoms with van der Waals surface area (Å²) in [6.07, 6.45) is 4.82. The molecule has 3 unspecified atom stereocenters. The minimum Gasteiger partial charge on any atom is -0.358 e. The first-order chi connectivity index (χ1) is 17.3. The third-order valence-electron chi connectivity index (χ3n) is 7.65. The molecule has 0 radical (unpaired) electrons. The molecule has 2 aliphatic rings. The van der Waals surface area contributed by atoms with Crippen molar-refractivity contribution in [3.8, 4) is 0 Å². The van der Waals surface area contributed by atoms with E-state index in [1.807, 2.05) is 0 Å². The summed E-state index contributed by atoms with van der Waals surface area (Å²) in [6, 6.07) is 39.5. The fourth-order valence-corrected chi connectivity index (χ4v) is 6.52. The molecule has 2 heteroatoms. The van der Waals surface area contributed by atoms with E-state index in [1.165, 1.54) is 50.0 Å². The van der Waals surface area contributed by atoms with Crippen molar-refractivity contribution in [2.75, 3.05) is 0 Å². The predicted octanol–water partition coefficient (Wildman–Crippen LogP) is 8.85. The molecule has 1 nitrogen and oxygen atoms in total. The smallest absolute Gasteiger partial charge is 0.0459 e. The number of para-hydroxylation sites is 1. The van der Waals surface area contributed by atoms with Gasteiger partial charge in [-0.1, -0.05) is 119 Å². The number of allylic oxidation sites excluding steroid dienone is 3. The highest BCUT2D eigenvalue weighted by Gasteiger charge is 2.47. The Morgan fingerprint density at radius 2 is 1.31 bits per heavy atom. The maximum absolute atomic E-state index is 3.81. The second-order valence-corrected chi connectivity index (χ2v) is 10.4. The van der Waals surface area contributed by atoms with Gasteiger partial charge in [-0.25, -0.2) is 0 Å². The molecule has 35 heavy (non-hydrogen) atoms. The van der Waals surface area contributed by atoms with E-state index < -0.39 is 0 Å². The number of aromatic amines is 1. The molecule has 5 aromatic rings. The average Bonchev–Trinajstić information content (AvgIpc) is 3.57. The van der Waals surface area contributed by atoms with Gasteiger partial charge in [-0.3, -0.25) is 0 Å². The molecule has 0 saturated carbocycles. The van der Waals surface area contributed by atoms with Gasteiger partial charge in [-0.15, -0.1) is 0 Å². The van der Waals surface area contributed by atoms with E-state index in [0.717, 1.165) is 4.47 Å². The molecular weight excluding hydrogens is 490 g/mol. The Bertz CT molecular complexity index is 1550. The van der Waals surface area contributed by atoms with Crippen molar-refractivity contribution < 1.29 is 0 Å². The molecule has 0 aliphatic heterocycles. The number of halogens is 1. The Labute approximate surface area is 214 Å². The van der Waals surface area contributed by atoms with Crippen LogP contribution in [0.4, 0.5) is 0 Å². The van der Waals surface area contributed by atoms with Gasteiger partial charge in [0.25, 0.3) is 0 Å². The van der Waals surface area contributed by atoms with Crippen LogP contribution in [0.15, 0.2) is 131 Å². The van der Waals surface area contributed by atoms with Gasteiger partial charge in [0.2, 0.25) is 0 Å². The van der Waals surface area contributed by atoms with Crippen LogP contribution in [-0.4, -0.2) is 4.98 Å². The molecule has 1 N–H and O–H groups in total. The Hall–Kier alpha value is -3.62. The first-order valence-electron chi connectivity index (χ1n) is 12.2. The van der Waals surface area contributed by atoms with E-state index >= 15 is 0 Å². The molecule has 0 bridgehead atoms. The van der Waals surface area contributed by atoms with E-state index in [0.29, 0.717) is 11.8 Å². The fraction of sp³-hybridized carbons (Fsp3) is 0.0909. The van der Waals surface area contributed by atoms with Crippen LogP contribution in [-0.2, 0) is 0 Å². The third-order valence-corrected chi connectivity index (χ3v) is 8.18. The van der Waals surface area contributed by atoms with E-state index in [2.05, 4.69) is 142 Å². The molecule has 4 aromatic carbocycles. The van der Waals surface area contributed by atoms with Gasteiger partial charge < -0.3 is 4.98 Å². The lowest BCUT2D eigenvalue weighted by atomic mass is 9.77. The molecule has 2 aliphatic carbocycles. The van der Waals surface area contributed by atoms with Gasteiger partial charge >= 0.3 is 0 Å². The summed E-state index contributed by atoms with van der Waals surface area (Å²) < 4.78 is 1.12. The van der Waals surface area contributed by atoms with E-state index in [9.17, 15) is 0 Å². The van der Waals surface area contributed by atoms with Crippen LogP contribution >= 0.6 is 15.9 Å². The lowest BCUT2D eigenvalue weighted by Gasteiger charge is -2.26. The Kier molecular flexibility index (Phi) is 4.89. The Balaban J connectivity index is 1.51. The summed E-state index contributed by atoms with van der Waals surface area (Å²) in [4.78, 5) is 3.81. The van der Waals surface area contributed by atoms with Crippen LogP contribution in [0.5, 0.6) is 0 Å². The zero-order chi connectivity index (χ0) is 23.4. The molecule has 168 valence electrons. The van der Waals surface area contributed by atoms with Crippen molar-refractivity contribution in [1.29, 1.82) is 0 Å². The van der Waals surface area contributed by atoms with Crippen molar-refractivity contribution in [2.24, 2.45) is 5.92 Å². The SMILES string of the molecule is Brc1ccc(C2c3c([nH]c4ccccc34)C3C=CC(=C(c4ccccc4)c4ccccc4)C32)cc1. The number of hydrogen-bond donors (Lipinski definition) is 1. The van der Waals surface area contributed by atoms with Gasteiger partial charge in [0.15, 0.2) is 0 Å². The topological polar surface area (TPSA) is 15.8 Å². The number of nitrogens with one attached hydrogen (secondary N) is 1. The highest BCUT2D eigenvalue weighted by Crippen LogP contribution is 2.59. The lowest BCUT2D eigenvalue weighted by molar-refractivity contribution is 0.569. The second-order valence-electron chi connectivity index (χ2n) is 9.50. The minimum atomic E-state index is 0.284. The fourth-order valence-electron chi connectivity index (χ4n) is 6.26. The third kappa shape index (κ3) is 3.28. The quantitative estimate of drug-likeness (QED) is 0.248. The number of hydrogen-bond acceptors (Lipinski definition) is 0. The summed E-state index contributed by atoms with van der Waals surface area (Å²) in [7, 11) is 0. The van der Waals surface area contributed by atoms with Gasteiger partial charge in [-0.2, -0.15) is 0 Å². The van der Waals surface area contributed by atoms with Crippen LogP contribution in [0, 0.1) is 5.92 Å². The minimum absolute atomic E-state index is 0.284. The highest BCUT2D eigenvalue weighted by molar-refractivity contribution is 9.10. The zero-order valence-corrected chi connectivity index (χ0v) is 20.7. The summed E-state index contributed by atoms with van der Waals surface area (Å²) >= 11 is 3.64. The number of H-pyrrole nitrogens is 1. The van der Waals surface area contributed by atoms with Crippen LogP contribution in [0.25, 0.3) is 16.5 Å². The molecule has 1 heterocycles. The number of aromatic nitrogens is 1. The maximum atomic E-state index is 3.81. The van der Waals surface area contributed by atoms with E-state index in [1.54, 1.807) is 0 Å². The van der Waals surface area contributed by atoms with E-state index in [4.69, 9.17) is 0 Å². The molecular formula is C33H24BrN. The Morgan fingerprint density at radius 1 is 0.686 bits per heavy atom. The largest absolute Gasteiger partial charge is 0.358 e. The number of rotatable bonds is 3. The van der Waals surface area contributed by atoms with Crippen molar-refractivity contribution in [1.82, 2.24) is 4.98 Å². The van der Waals surface area contributed by atoms with Crippen molar-refractivity contribution >= 4 is 32.4 Å². The molecule has 0 spiro atoms. The monoisotopic (exact) mass is 513 g/mol. The molecule has 0 fully saturated rings. The standard InChI is InChI=1S/C33H24BrN/c34-24-17-15-23(16-18-24)30-31-26(29(21-9-3-1-4-10-21)22-11-5-2-6-12-22)19-20-27(31)33-32(30)25-13-7-8-14-28(25)35-33/h1-20,27,30-31,35H. The Morgan fingerprint density at radius 3 is 2.00 bits per heavy atom. The highest BCUT2D eigenvalue weighted by atomic mass is 79.9. The molecule has 0 saturated heterocycles. The van der Waals surface area contributed by atoms with Gasteiger partial charge in [-0.05, 0) is 51.6 Å². The summed E-state index contributed by atoms with van der Waals surface area (Å²) in [5.74, 6) is 0.965. The summed E-state index contributed by atoms with van der Waals surface area (Å²) in [6.45, 7) is 0. The number of fused-ring (bicyclic) bond motifs is 5. The van der Waals surface area contributed by atoms with Crippen LogP contribution in [0.2, 0.25) is 0 Å². The van der Waals surface area contributed by atoms with E-state index in [-0.39, 0.29) is 5.92 Å². The maximum Gasteiger partial charge on any atom is 0.0459 e. The summed E-state index contributed by atoms with van der Waals surface area (Å²) in [5.41, 5.74) is 10.7. The van der Waals surface area contributed by atoms with Crippen LogP contribution in [0.1, 0.15) is 39.8 Å². The van der Waals surface area contributed by atoms with Crippen molar-refractivity contribution in [2.45, 2.75) is 11.8 Å². The average molecular weight is 514 g/mol. The predicted molar refractivity (Wildman–Crippen MR) is 149 cm³/mol. The summed E-state index contributed by atoms with van der Waals surface area (Å²) in [5, 5.41) is 1.35. The molecule has 3 atom stereocenters. The second kappa shape index (κ2) is 8.25. The van der Waals surface area contributed by atoms with Gasteiger partial charge in [0.1, 0.15) is 0 Å². The molecule has 7 rings (SSSR count). The van der Waals surface area contributed by atoms with Crippen molar-refractivity contribution in [3.05, 3.63) is 159 Å². The normalized spacial score (nSPS) is 20.3. The van der Waals surface area contributed by atoms with Crippen molar-refractivity contribution in [3.63, 3.8) is 0 Å². The van der Waals surface area contributed by atoms with Gasteiger partial charge in [0.05, 0.1) is 0 Å². The first kappa shape index (κ1) is 20.7. The number of benzene rings is 4. The molecule has 0 amide bonds. The first-order valence-corrected chi connectivity index (χ1v) is 13.0. The molecule has 1 aromatic heterocycles. The zero-order valence-electron chi connectivity index (χ0n) is 19.2.